The summed E-state index contributed by atoms with van der Waals surface area (Å²) < 4.78 is 0.999. The molecule has 2 nitrogen and oxygen atoms in total. The third kappa shape index (κ3) is 3.72. The zero-order valence-electron chi connectivity index (χ0n) is 10.1. The third-order valence-electron chi connectivity index (χ3n) is 2.60. The number of aromatic nitrogens is 1. The SMILES string of the molecule is Cc1cnc(NCCc2ccc(Cl)cc2)c(Br)c1. The van der Waals surface area contributed by atoms with E-state index in [0.717, 1.165) is 33.8 Å². The van der Waals surface area contributed by atoms with Crippen LogP contribution in [0.5, 0.6) is 0 Å². The van der Waals surface area contributed by atoms with E-state index in [4.69, 9.17) is 11.6 Å². The van der Waals surface area contributed by atoms with Crippen LogP contribution in [0.1, 0.15) is 11.1 Å². The Labute approximate surface area is 121 Å². The smallest absolute Gasteiger partial charge is 0.140 e. The molecule has 0 aliphatic carbocycles. The molecule has 0 spiro atoms. The van der Waals surface area contributed by atoms with Gasteiger partial charge in [0, 0.05) is 17.8 Å². The highest BCUT2D eigenvalue weighted by Gasteiger charge is 2.01. The second-order valence-electron chi connectivity index (χ2n) is 4.15. The first-order chi connectivity index (χ1) is 8.65. The molecule has 0 amide bonds. The number of aryl methyl sites for hydroxylation is 1. The molecule has 0 radical (unpaired) electrons. The zero-order valence-corrected chi connectivity index (χ0v) is 12.4. The molecule has 0 saturated carbocycles. The molecule has 94 valence electrons. The van der Waals surface area contributed by atoms with E-state index in [-0.39, 0.29) is 0 Å². The first kappa shape index (κ1) is 13.4. The van der Waals surface area contributed by atoms with Crippen LogP contribution in [-0.4, -0.2) is 11.5 Å². The van der Waals surface area contributed by atoms with Gasteiger partial charge in [0.15, 0.2) is 0 Å². The van der Waals surface area contributed by atoms with Crippen molar-refractivity contribution >= 4 is 33.3 Å². The summed E-state index contributed by atoms with van der Waals surface area (Å²) in [5.74, 6) is 0.884. The Morgan fingerprint density at radius 1 is 1.28 bits per heavy atom. The summed E-state index contributed by atoms with van der Waals surface area (Å²) in [4.78, 5) is 4.34. The Hall–Kier alpha value is -1.06. The molecule has 0 aliphatic rings. The minimum atomic E-state index is 0.773. The van der Waals surface area contributed by atoms with Gasteiger partial charge in [-0.3, -0.25) is 0 Å². The number of rotatable bonds is 4. The lowest BCUT2D eigenvalue weighted by atomic mass is 10.1. The van der Waals surface area contributed by atoms with E-state index in [0.29, 0.717) is 0 Å². The molecule has 1 heterocycles. The predicted octanol–water partition coefficient (Wildman–Crippen LogP) is 4.46. The summed E-state index contributed by atoms with van der Waals surface area (Å²) in [6, 6.07) is 9.97. The number of pyridine rings is 1. The Balaban J connectivity index is 1.90. The van der Waals surface area contributed by atoms with Crippen LogP contribution >= 0.6 is 27.5 Å². The van der Waals surface area contributed by atoms with Crippen LogP contribution in [0.25, 0.3) is 0 Å². The topological polar surface area (TPSA) is 24.9 Å². The monoisotopic (exact) mass is 324 g/mol. The highest BCUT2D eigenvalue weighted by atomic mass is 79.9. The van der Waals surface area contributed by atoms with Gasteiger partial charge in [-0.05, 0) is 58.6 Å². The fourth-order valence-corrected chi connectivity index (χ4v) is 2.37. The van der Waals surface area contributed by atoms with Crippen molar-refractivity contribution in [2.45, 2.75) is 13.3 Å². The molecule has 4 heteroatoms. The Kier molecular flexibility index (Phi) is 4.61. The number of hydrogen-bond donors (Lipinski definition) is 1. The van der Waals surface area contributed by atoms with Crippen LogP contribution in [-0.2, 0) is 6.42 Å². The van der Waals surface area contributed by atoms with E-state index in [9.17, 15) is 0 Å². The molecule has 0 unspecified atom stereocenters. The molecule has 2 aromatic rings. The van der Waals surface area contributed by atoms with E-state index in [1.54, 1.807) is 0 Å². The number of hydrogen-bond acceptors (Lipinski definition) is 2. The lowest BCUT2D eigenvalue weighted by Crippen LogP contribution is -2.06. The largest absolute Gasteiger partial charge is 0.369 e. The molecule has 2 rings (SSSR count). The number of halogens is 2. The maximum atomic E-state index is 5.85. The number of benzene rings is 1. The van der Waals surface area contributed by atoms with Gasteiger partial charge in [-0.1, -0.05) is 23.7 Å². The van der Waals surface area contributed by atoms with E-state index in [1.165, 1.54) is 5.56 Å². The van der Waals surface area contributed by atoms with Gasteiger partial charge >= 0.3 is 0 Å². The van der Waals surface area contributed by atoms with Crippen LogP contribution in [0.2, 0.25) is 5.02 Å². The van der Waals surface area contributed by atoms with Gasteiger partial charge in [-0.25, -0.2) is 4.98 Å². The van der Waals surface area contributed by atoms with E-state index in [2.05, 4.69) is 32.3 Å². The van der Waals surface area contributed by atoms with Crippen molar-refractivity contribution < 1.29 is 0 Å². The third-order valence-corrected chi connectivity index (χ3v) is 3.45. The van der Waals surface area contributed by atoms with Crippen molar-refractivity contribution in [1.82, 2.24) is 4.98 Å². The van der Waals surface area contributed by atoms with Gasteiger partial charge in [-0.2, -0.15) is 0 Å². The molecule has 1 N–H and O–H groups in total. The van der Waals surface area contributed by atoms with Crippen molar-refractivity contribution in [2.24, 2.45) is 0 Å². The van der Waals surface area contributed by atoms with Crippen LogP contribution in [0.4, 0.5) is 5.82 Å². The Morgan fingerprint density at radius 2 is 2.00 bits per heavy atom. The zero-order chi connectivity index (χ0) is 13.0. The van der Waals surface area contributed by atoms with E-state index < -0.39 is 0 Å². The van der Waals surface area contributed by atoms with E-state index in [1.807, 2.05) is 37.4 Å². The van der Waals surface area contributed by atoms with E-state index >= 15 is 0 Å². The highest BCUT2D eigenvalue weighted by Crippen LogP contribution is 2.20. The fraction of sp³-hybridized carbons (Fsp3) is 0.214. The van der Waals surface area contributed by atoms with Gasteiger partial charge in [-0.15, -0.1) is 0 Å². The predicted molar refractivity (Wildman–Crippen MR) is 80.3 cm³/mol. The van der Waals surface area contributed by atoms with Crippen LogP contribution in [0.3, 0.4) is 0 Å². The second kappa shape index (κ2) is 6.21. The van der Waals surface area contributed by atoms with Crippen LogP contribution in [0, 0.1) is 6.92 Å². The second-order valence-corrected chi connectivity index (χ2v) is 5.44. The summed E-state index contributed by atoms with van der Waals surface area (Å²) in [5, 5.41) is 4.09. The lowest BCUT2D eigenvalue weighted by Gasteiger charge is -2.08. The standard InChI is InChI=1S/C14H14BrClN2/c1-10-8-13(15)14(18-9-10)17-7-6-11-2-4-12(16)5-3-11/h2-5,8-9H,6-7H2,1H3,(H,17,18). The number of anilines is 1. The fourth-order valence-electron chi connectivity index (χ4n) is 1.64. The average Bonchev–Trinajstić information content (AvgIpc) is 2.34. The first-order valence-corrected chi connectivity index (χ1v) is 6.93. The summed E-state index contributed by atoms with van der Waals surface area (Å²) >= 11 is 9.35. The number of nitrogens with one attached hydrogen (secondary N) is 1. The first-order valence-electron chi connectivity index (χ1n) is 5.75. The quantitative estimate of drug-likeness (QED) is 0.897. The molecule has 0 atom stereocenters. The number of nitrogens with zero attached hydrogens (tertiary/aromatic N) is 1. The van der Waals surface area contributed by atoms with Gasteiger partial charge < -0.3 is 5.32 Å². The van der Waals surface area contributed by atoms with Crippen molar-refractivity contribution in [1.29, 1.82) is 0 Å². The van der Waals surface area contributed by atoms with Gasteiger partial charge in [0.1, 0.15) is 5.82 Å². The van der Waals surface area contributed by atoms with Gasteiger partial charge in [0.2, 0.25) is 0 Å². The molecule has 0 bridgehead atoms. The van der Waals surface area contributed by atoms with Crippen LogP contribution in [0.15, 0.2) is 41.0 Å². The van der Waals surface area contributed by atoms with Crippen molar-refractivity contribution in [3.8, 4) is 0 Å². The maximum Gasteiger partial charge on any atom is 0.140 e. The Morgan fingerprint density at radius 3 is 2.67 bits per heavy atom. The van der Waals surface area contributed by atoms with Crippen molar-refractivity contribution in [2.75, 3.05) is 11.9 Å². The molecule has 1 aromatic carbocycles. The van der Waals surface area contributed by atoms with Crippen molar-refractivity contribution in [3.63, 3.8) is 0 Å². The minimum Gasteiger partial charge on any atom is -0.369 e. The molecule has 0 saturated heterocycles. The van der Waals surface area contributed by atoms with Gasteiger partial charge in [0.25, 0.3) is 0 Å². The molecule has 18 heavy (non-hydrogen) atoms. The molecular formula is C14H14BrClN2. The van der Waals surface area contributed by atoms with Gasteiger partial charge in [0.05, 0.1) is 4.47 Å². The molecular weight excluding hydrogens is 312 g/mol. The minimum absolute atomic E-state index is 0.773. The van der Waals surface area contributed by atoms with Crippen molar-refractivity contribution in [3.05, 3.63) is 57.2 Å². The summed E-state index contributed by atoms with van der Waals surface area (Å²) in [5.41, 5.74) is 2.40. The molecule has 0 fully saturated rings. The Bertz CT molecular complexity index is 526. The summed E-state index contributed by atoms with van der Waals surface area (Å²) in [7, 11) is 0. The molecule has 1 aromatic heterocycles. The highest BCUT2D eigenvalue weighted by molar-refractivity contribution is 9.10. The normalized spacial score (nSPS) is 10.4. The summed E-state index contributed by atoms with van der Waals surface area (Å²) in [6.07, 6.45) is 2.80. The lowest BCUT2D eigenvalue weighted by molar-refractivity contribution is 1.00. The molecule has 0 aliphatic heterocycles. The summed E-state index contributed by atoms with van der Waals surface area (Å²) in [6.45, 7) is 2.87. The average molecular weight is 326 g/mol. The maximum absolute atomic E-state index is 5.85. The van der Waals surface area contributed by atoms with Crippen LogP contribution < -0.4 is 5.32 Å².